The Kier molecular flexibility index (Phi) is 3.49. The highest BCUT2D eigenvalue weighted by Crippen LogP contribution is 2.31. The van der Waals surface area contributed by atoms with Gasteiger partial charge in [-0.3, -0.25) is 0 Å². The van der Waals surface area contributed by atoms with E-state index in [-0.39, 0.29) is 4.90 Å². The van der Waals surface area contributed by atoms with E-state index in [1.165, 1.54) is 12.1 Å². The van der Waals surface area contributed by atoms with Gasteiger partial charge in [0.1, 0.15) is 4.21 Å². The highest BCUT2D eigenvalue weighted by atomic mass is 32.2. The number of alkyl halides is 3. The van der Waals surface area contributed by atoms with E-state index >= 15 is 0 Å². The van der Waals surface area contributed by atoms with Gasteiger partial charge in [0.2, 0.25) is 0 Å². The Labute approximate surface area is 107 Å². The quantitative estimate of drug-likeness (QED) is 0.854. The summed E-state index contributed by atoms with van der Waals surface area (Å²) in [7, 11) is -1.68. The number of hydrogen-bond acceptors (Lipinski definition) is 4. The fourth-order valence-corrected chi connectivity index (χ4v) is 3.32. The molecule has 0 saturated heterocycles. The minimum absolute atomic E-state index is 0.0963. The van der Waals surface area contributed by atoms with Crippen molar-refractivity contribution in [1.82, 2.24) is 9.59 Å². The molecule has 0 radical (unpaired) electrons. The van der Waals surface area contributed by atoms with Crippen molar-refractivity contribution < 1.29 is 17.4 Å². The second kappa shape index (κ2) is 4.77. The number of halogens is 3. The Balaban J connectivity index is 2.41. The first-order valence-electron chi connectivity index (χ1n) is 4.77. The molecule has 0 saturated carbocycles. The Morgan fingerprint density at radius 1 is 1.33 bits per heavy atom. The van der Waals surface area contributed by atoms with E-state index in [9.17, 15) is 17.4 Å². The summed E-state index contributed by atoms with van der Waals surface area (Å²) in [6.45, 7) is 1.62. The smallest absolute Gasteiger partial charge is 0.248 e. The molecule has 0 aliphatic heterocycles. The molecule has 0 fully saturated rings. The van der Waals surface area contributed by atoms with E-state index in [4.69, 9.17) is 0 Å². The summed E-state index contributed by atoms with van der Waals surface area (Å²) in [6, 6.07) is 4.46. The molecule has 2 aromatic rings. The van der Waals surface area contributed by atoms with Gasteiger partial charge >= 0.3 is 6.18 Å². The van der Waals surface area contributed by atoms with Crippen molar-refractivity contribution in [2.75, 3.05) is 0 Å². The molecule has 0 aliphatic rings. The lowest BCUT2D eigenvalue weighted by Gasteiger charge is -2.07. The average molecular weight is 292 g/mol. The fourth-order valence-electron chi connectivity index (χ4n) is 1.29. The lowest BCUT2D eigenvalue weighted by atomic mass is 10.2. The summed E-state index contributed by atoms with van der Waals surface area (Å²) < 4.78 is 53.7. The molecular weight excluding hydrogens is 285 g/mol. The van der Waals surface area contributed by atoms with E-state index in [0.717, 1.165) is 23.7 Å². The molecule has 8 heteroatoms. The molecule has 18 heavy (non-hydrogen) atoms. The van der Waals surface area contributed by atoms with Gasteiger partial charge in [-0.1, -0.05) is 10.6 Å². The molecule has 1 aromatic carbocycles. The molecule has 0 amide bonds. The number of rotatable bonds is 2. The van der Waals surface area contributed by atoms with Gasteiger partial charge in [0.25, 0.3) is 0 Å². The molecule has 1 heterocycles. The minimum atomic E-state index is -4.44. The van der Waals surface area contributed by atoms with Crippen LogP contribution < -0.4 is 0 Å². The first-order valence-corrected chi connectivity index (χ1v) is 6.70. The molecule has 1 aromatic heterocycles. The van der Waals surface area contributed by atoms with E-state index in [1.54, 1.807) is 6.92 Å². The van der Waals surface area contributed by atoms with Gasteiger partial charge in [-0.25, -0.2) is 4.21 Å². The van der Waals surface area contributed by atoms with Crippen LogP contribution in [0.2, 0.25) is 0 Å². The standard InChI is InChI=1S/C10H7F3N2OS2/c1-6-9(17-15-14-6)18(16)8-4-2-3-7(5-8)10(11,12)13/h2-5H,1H3/t18-/m0/s1. The van der Waals surface area contributed by atoms with Crippen LogP contribution in [-0.2, 0) is 17.0 Å². The maximum Gasteiger partial charge on any atom is 0.416 e. The Bertz CT molecular complexity index is 595. The van der Waals surface area contributed by atoms with Crippen molar-refractivity contribution in [2.24, 2.45) is 0 Å². The van der Waals surface area contributed by atoms with Crippen molar-refractivity contribution in [3.05, 3.63) is 35.5 Å². The molecule has 1 atom stereocenters. The average Bonchev–Trinajstić information content (AvgIpc) is 2.73. The largest absolute Gasteiger partial charge is 0.416 e. The number of benzene rings is 1. The zero-order valence-electron chi connectivity index (χ0n) is 9.06. The highest BCUT2D eigenvalue weighted by Gasteiger charge is 2.31. The summed E-state index contributed by atoms with van der Waals surface area (Å²) in [5.41, 5.74) is -0.348. The third-order valence-electron chi connectivity index (χ3n) is 2.15. The molecule has 0 bridgehead atoms. The SMILES string of the molecule is Cc1nnsc1[S@@](=O)c1cccc(C(F)(F)F)c1. The summed E-state index contributed by atoms with van der Waals surface area (Å²) in [5, 5.41) is 3.69. The van der Waals surface area contributed by atoms with Crippen LogP contribution in [0.25, 0.3) is 0 Å². The van der Waals surface area contributed by atoms with Crippen molar-refractivity contribution in [1.29, 1.82) is 0 Å². The predicted octanol–water partition coefficient (Wildman–Crippen LogP) is 3.03. The lowest BCUT2D eigenvalue weighted by molar-refractivity contribution is -0.137. The van der Waals surface area contributed by atoms with E-state index in [2.05, 4.69) is 9.59 Å². The maximum absolute atomic E-state index is 12.5. The second-order valence-electron chi connectivity index (χ2n) is 3.44. The number of aromatic nitrogens is 2. The third-order valence-corrected chi connectivity index (χ3v) is 4.77. The van der Waals surface area contributed by atoms with Crippen molar-refractivity contribution in [3.63, 3.8) is 0 Å². The van der Waals surface area contributed by atoms with Gasteiger partial charge in [0, 0.05) is 4.90 Å². The summed E-state index contributed by atoms with van der Waals surface area (Å²) in [4.78, 5) is 0.0963. The zero-order chi connectivity index (χ0) is 13.3. The molecule has 3 nitrogen and oxygen atoms in total. The van der Waals surface area contributed by atoms with Crippen molar-refractivity contribution >= 4 is 22.3 Å². The number of hydrogen-bond donors (Lipinski definition) is 0. The van der Waals surface area contributed by atoms with E-state index in [0.29, 0.717) is 9.90 Å². The topological polar surface area (TPSA) is 42.9 Å². The van der Waals surface area contributed by atoms with Gasteiger partial charge in [0.05, 0.1) is 22.1 Å². The summed E-state index contributed by atoms with van der Waals surface area (Å²) in [6.07, 6.45) is -4.44. The van der Waals surface area contributed by atoms with Gasteiger partial charge in [0.15, 0.2) is 0 Å². The normalized spacial score (nSPS) is 13.6. The number of aryl methyl sites for hydroxylation is 1. The highest BCUT2D eigenvalue weighted by molar-refractivity contribution is 7.87. The van der Waals surface area contributed by atoms with Crippen molar-refractivity contribution in [3.8, 4) is 0 Å². The Morgan fingerprint density at radius 2 is 2.06 bits per heavy atom. The predicted molar refractivity (Wildman–Crippen MR) is 60.8 cm³/mol. The van der Waals surface area contributed by atoms with E-state index in [1.807, 2.05) is 0 Å². The van der Waals surface area contributed by atoms with Crippen LogP contribution in [0.5, 0.6) is 0 Å². The summed E-state index contributed by atoms with van der Waals surface area (Å²) in [5.74, 6) is 0. The van der Waals surface area contributed by atoms with E-state index < -0.39 is 22.5 Å². The minimum Gasteiger partial charge on any atom is -0.248 e. The van der Waals surface area contributed by atoms with Crippen LogP contribution in [0.15, 0.2) is 33.4 Å². The Morgan fingerprint density at radius 3 is 2.61 bits per heavy atom. The molecule has 0 unspecified atom stereocenters. The zero-order valence-corrected chi connectivity index (χ0v) is 10.7. The van der Waals surface area contributed by atoms with Crippen LogP contribution in [0, 0.1) is 6.92 Å². The fraction of sp³-hybridized carbons (Fsp3) is 0.200. The lowest BCUT2D eigenvalue weighted by Crippen LogP contribution is -2.05. The first kappa shape index (κ1) is 13.2. The second-order valence-corrected chi connectivity index (χ2v) is 5.87. The third kappa shape index (κ3) is 2.59. The number of nitrogens with zero attached hydrogens (tertiary/aromatic N) is 2. The molecule has 0 aliphatic carbocycles. The van der Waals surface area contributed by atoms with Gasteiger partial charge < -0.3 is 0 Å². The van der Waals surface area contributed by atoms with Crippen LogP contribution in [0.3, 0.4) is 0 Å². The van der Waals surface area contributed by atoms with Gasteiger partial charge in [-0.15, -0.1) is 5.10 Å². The van der Waals surface area contributed by atoms with Gasteiger partial charge in [-0.2, -0.15) is 13.2 Å². The van der Waals surface area contributed by atoms with Crippen LogP contribution in [0.1, 0.15) is 11.3 Å². The van der Waals surface area contributed by atoms with Crippen LogP contribution in [0.4, 0.5) is 13.2 Å². The van der Waals surface area contributed by atoms with Crippen LogP contribution in [-0.4, -0.2) is 13.8 Å². The first-order chi connectivity index (χ1) is 8.39. The molecule has 96 valence electrons. The monoisotopic (exact) mass is 292 g/mol. The van der Waals surface area contributed by atoms with Crippen molar-refractivity contribution in [2.45, 2.75) is 22.2 Å². The molecular formula is C10H7F3N2OS2. The summed E-state index contributed by atoms with van der Waals surface area (Å²) >= 11 is 0.923. The van der Waals surface area contributed by atoms with Crippen LogP contribution >= 0.6 is 11.5 Å². The Hall–Kier alpha value is -1.28. The molecule has 0 spiro atoms. The van der Waals surface area contributed by atoms with Gasteiger partial charge in [-0.05, 0) is 36.7 Å². The molecule has 2 rings (SSSR count). The molecule has 0 N–H and O–H groups in total. The maximum atomic E-state index is 12.5.